The molecule has 2 unspecified atom stereocenters. The minimum Gasteiger partial charge on any atom is -0.310 e. The van der Waals surface area contributed by atoms with E-state index in [0.717, 1.165) is 12.5 Å². The number of hydrogen-bond acceptors (Lipinski definition) is 3. The Labute approximate surface area is 97.6 Å². The first kappa shape index (κ1) is 11.6. The van der Waals surface area contributed by atoms with Gasteiger partial charge in [-0.2, -0.15) is 5.10 Å². The van der Waals surface area contributed by atoms with E-state index in [1.54, 1.807) is 0 Å². The molecule has 0 bridgehead atoms. The van der Waals surface area contributed by atoms with Crippen molar-refractivity contribution in [2.75, 3.05) is 26.7 Å². The molecular weight excluding hydrogens is 200 g/mol. The van der Waals surface area contributed by atoms with E-state index in [0.29, 0.717) is 6.04 Å². The number of rotatable bonds is 4. The molecule has 1 aromatic heterocycles. The molecule has 1 aliphatic heterocycles. The molecule has 2 heterocycles. The second-order valence-corrected chi connectivity index (χ2v) is 4.99. The second kappa shape index (κ2) is 4.97. The van der Waals surface area contributed by atoms with Crippen molar-refractivity contribution in [3.05, 3.63) is 18.0 Å². The number of likely N-dealkylation sites (tertiary alicyclic amines) is 1. The van der Waals surface area contributed by atoms with Crippen molar-refractivity contribution in [3.8, 4) is 0 Å². The van der Waals surface area contributed by atoms with E-state index in [1.807, 2.05) is 17.9 Å². The Bertz CT molecular complexity index is 334. The summed E-state index contributed by atoms with van der Waals surface area (Å²) in [7, 11) is 4.16. The van der Waals surface area contributed by atoms with Crippen LogP contribution in [0, 0.1) is 5.92 Å². The van der Waals surface area contributed by atoms with Crippen LogP contribution in [0.2, 0.25) is 0 Å². The first-order valence-corrected chi connectivity index (χ1v) is 6.05. The van der Waals surface area contributed by atoms with E-state index in [-0.39, 0.29) is 0 Å². The van der Waals surface area contributed by atoms with Gasteiger partial charge < -0.3 is 10.2 Å². The van der Waals surface area contributed by atoms with E-state index in [2.05, 4.69) is 35.5 Å². The van der Waals surface area contributed by atoms with Crippen LogP contribution in [-0.2, 0) is 7.05 Å². The van der Waals surface area contributed by atoms with Gasteiger partial charge in [-0.1, -0.05) is 0 Å². The molecule has 0 spiro atoms. The Morgan fingerprint density at radius 1 is 1.56 bits per heavy atom. The van der Waals surface area contributed by atoms with Gasteiger partial charge in [0.25, 0.3) is 0 Å². The third-order valence-corrected chi connectivity index (χ3v) is 3.43. The van der Waals surface area contributed by atoms with Gasteiger partial charge in [0.15, 0.2) is 0 Å². The van der Waals surface area contributed by atoms with Crippen LogP contribution >= 0.6 is 0 Å². The number of nitrogens with zero attached hydrogens (tertiary/aromatic N) is 3. The van der Waals surface area contributed by atoms with Crippen LogP contribution in [0.15, 0.2) is 12.4 Å². The maximum atomic E-state index is 4.20. The Kier molecular flexibility index (Phi) is 3.61. The lowest BCUT2D eigenvalue weighted by Gasteiger charge is -2.16. The highest BCUT2D eigenvalue weighted by Crippen LogP contribution is 2.16. The van der Waals surface area contributed by atoms with E-state index in [4.69, 9.17) is 0 Å². The van der Waals surface area contributed by atoms with Crippen molar-refractivity contribution in [2.24, 2.45) is 13.0 Å². The summed E-state index contributed by atoms with van der Waals surface area (Å²) in [6, 6.07) is 0.402. The fourth-order valence-electron chi connectivity index (χ4n) is 2.32. The minimum atomic E-state index is 0.402. The van der Waals surface area contributed by atoms with Gasteiger partial charge in [0, 0.05) is 31.4 Å². The summed E-state index contributed by atoms with van der Waals surface area (Å²) in [4.78, 5) is 2.40. The summed E-state index contributed by atoms with van der Waals surface area (Å²) < 4.78 is 1.86. The highest BCUT2D eigenvalue weighted by Gasteiger charge is 2.19. The number of nitrogens with one attached hydrogen (secondary N) is 1. The molecule has 0 radical (unpaired) electrons. The van der Waals surface area contributed by atoms with Crippen LogP contribution in [0.1, 0.15) is 24.9 Å². The zero-order valence-electron chi connectivity index (χ0n) is 10.5. The quantitative estimate of drug-likeness (QED) is 0.826. The van der Waals surface area contributed by atoms with Gasteiger partial charge in [-0.25, -0.2) is 0 Å². The Morgan fingerprint density at radius 3 is 2.94 bits per heavy atom. The highest BCUT2D eigenvalue weighted by atomic mass is 15.2. The lowest BCUT2D eigenvalue weighted by atomic mass is 10.1. The average Bonchev–Trinajstić information content (AvgIpc) is 2.84. The van der Waals surface area contributed by atoms with E-state index in [9.17, 15) is 0 Å². The molecule has 0 aliphatic carbocycles. The van der Waals surface area contributed by atoms with Crippen molar-refractivity contribution in [1.29, 1.82) is 0 Å². The summed E-state index contributed by atoms with van der Waals surface area (Å²) in [6.45, 7) is 5.79. The summed E-state index contributed by atoms with van der Waals surface area (Å²) >= 11 is 0. The summed E-state index contributed by atoms with van der Waals surface area (Å²) in [5.41, 5.74) is 1.27. The minimum absolute atomic E-state index is 0.402. The predicted octanol–water partition coefficient (Wildman–Crippen LogP) is 1.02. The number of aromatic nitrogens is 2. The molecule has 1 fully saturated rings. The first-order chi connectivity index (χ1) is 7.65. The zero-order chi connectivity index (χ0) is 11.5. The molecule has 1 saturated heterocycles. The summed E-state index contributed by atoms with van der Waals surface area (Å²) in [5, 5.41) is 7.79. The Hall–Kier alpha value is -0.870. The van der Waals surface area contributed by atoms with Crippen molar-refractivity contribution in [1.82, 2.24) is 20.0 Å². The van der Waals surface area contributed by atoms with Crippen LogP contribution in [0.3, 0.4) is 0 Å². The van der Waals surface area contributed by atoms with Crippen molar-refractivity contribution in [3.63, 3.8) is 0 Å². The van der Waals surface area contributed by atoms with Crippen molar-refractivity contribution < 1.29 is 0 Å². The van der Waals surface area contributed by atoms with Gasteiger partial charge in [-0.05, 0) is 39.4 Å². The molecule has 0 aromatic carbocycles. The Balaban J connectivity index is 1.77. The summed E-state index contributed by atoms with van der Waals surface area (Å²) in [6.07, 6.45) is 5.35. The fourth-order valence-corrected chi connectivity index (χ4v) is 2.32. The SMILES string of the molecule is CC(NCC1CCN(C)C1)c1cnn(C)c1. The maximum Gasteiger partial charge on any atom is 0.0537 e. The third-order valence-electron chi connectivity index (χ3n) is 3.43. The first-order valence-electron chi connectivity index (χ1n) is 6.05. The monoisotopic (exact) mass is 222 g/mol. The second-order valence-electron chi connectivity index (χ2n) is 4.99. The van der Waals surface area contributed by atoms with Crippen LogP contribution < -0.4 is 5.32 Å². The number of aryl methyl sites for hydroxylation is 1. The molecule has 1 aliphatic rings. The van der Waals surface area contributed by atoms with E-state index >= 15 is 0 Å². The van der Waals surface area contributed by atoms with Crippen LogP contribution in [-0.4, -0.2) is 41.4 Å². The van der Waals surface area contributed by atoms with Gasteiger partial charge in [0.2, 0.25) is 0 Å². The van der Waals surface area contributed by atoms with Gasteiger partial charge in [-0.3, -0.25) is 4.68 Å². The molecule has 2 atom stereocenters. The maximum absolute atomic E-state index is 4.20. The zero-order valence-corrected chi connectivity index (χ0v) is 10.5. The predicted molar refractivity (Wildman–Crippen MR) is 65.2 cm³/mol. The molecule has 1 aromatic rings. The molecule has 90 valence electrons. The molecule has 4 nitrogen and oxygen atoms in total. The molecule has 0 amide bonds. The average molecular weight is 222 g/mol. The normalized spacial score (nSPS) is 23.8. The van der Waals surface area contributed by atoms with Gasteiger partial charge in [-0.15, -0.1) is 0 Å². The lowest BCUT2D eigenvalue weighted by molar-refractivity contribution is 0.382. The molecule has 16 heavy (non-hydrogen) atoms. The molecule has 2 rings (SSSR count). The smallest absolute Gasteiger partial charge is 0.0537 e. The van der Waals surface area contributed by atoms with E-state index < -0.39 is 0 Å². The van der Waals surface area contributed by atoms with Crippen LogP contribution in [0.5, 0.6) is 0 Å². The Morgan fingerprint density at radius 2 is 2.38 bits per heavy atom. The van der Waals surface area contributed by atoms with Crippen molar-refractivity contribution in [2.45, 2.75) is 19.4 Å². The molecule has 1 N–H and O–H groups in total. The highest BCUT2D eigenvalue weighted by molar-refractivity contribution is 5.08. The topological polar surface area (TPSA) is 33.1 Å². The number of hydrogen-bond donors (Lipinski definition) is 1. The largest absolute Gasteiger partial charge is 0.310 e. The van der Waals surface area contributed by atoms with Gasteiger partial charge >= 0.3 is 0 Å². The lowest BCUT2D eigenvalue weighted by Crippen LogP contribution is -2.27. The standard InChI is InChI=1S/C12H22N4/c1-10(12-7-14-16(3)9-12)13-6-11-4-5-15(2)8-11/h7,9-11,13H,4-6,8H2,1-3H3. The third kappa shape index (κ3) is 2.83. The van der Waals surface area contributed by atoms with Gasteiger partial charge in [0.1, 0.15) is 0 Å². The molecular formula is C12H22N4. The molecule has 0 saturated carbocycles. The van der Waals surface area contributed by atoms with Crippen molar-refractivity contribution >= 4 is 0 Å². The molecule has 4 heteroatoms. The van der Waals surface area contributed by atoms with Crippen LogP contribution in [0.25, 0.3) is 0 Å². The van der Waals surface area contributed by atoms with Gasteiger partial charge in [0.05, 0.1) is 6.20 Å². The fraction of sp³-hybridized carbons (Fsp3) is 0.750. The van der Waals surface area contributed by atoms with Crippen LogP contribution in [0.4, 0.5) is 0 Å². The summed E-state index contributed by atoms with van der Waals surface area (Å²) in [5.74, 6) is 0.809. The van der Waals surface area contributed by atoms with E-state index in [1.165, 1.54) is 25.1 Å².